The lowest BCUT2D eigenvalue weighted by molar-refractivity contribution is 0.767. The van der Waals surface area contributed by atoms with E-state index in [-0.39, 0.29) is 10.6 Å². The lowest BCUT2D eigenvalue weighted by Gasteiger charge is -2.34. The van der Waals surface area contributed by atoms with E-state index in [2.05, 4.69) is 127 Å². The van der Waals surface area contributed by atoms with Gasteiger partial charge in [0, 0.05) is 14.5 Å². The number of hydrogen-bond donors (Lipinski definition) is 0. The Labute approximate surface area is 235 Å². The molecular formula is C29H17Br2Cl2N3. The van der Waals surface area contributed by atoms with Gasteiger partial charge < -0.3 is 0 Å². The molecule has 0 atom stereocenters. The monoisotopic (exact) mass is 635 g/mol. The SMILES string of the molecule is Cc1ccc(C2(c3ccc(-c4nc(Cl)nc(Cl)n4)cc3)c3cc(Br)ccc3-c3ccc(Br)cc32)cc1. The van der Waals surface area contributed by atoms with Gasteiger partial charge in [0.1, 0.15) is 0 Å². The zero-order valence-electron chi connectivity index (χ0n) is 18.9. The molecule has 4 aromatic carbocycles. The number of hydrogen-bond acceptors (Lipinski definition) is 3. The Balaban J connectivity index is 1.65. The number of nitrogens with zero attached hydrogens (tertiary/aromatic N) is 3. The first kappa shape index (κ1) is 23.8. The van der Waals surface area contributed by atoms with E-state index < -0.39 is 5.41 Å². The van der Waals surface area contributed by atoms with Crippen LogP contribution < -0.4 is 0 Å². The number of fused-ring (bicyclic) bond motifs is 3. The van der Waals surface area contributed by atoms with Gasteiger partial charge in [0.05, 0.1) is 5.41 Å². The van der Waals surface area contributed by atoms with Crippen molar-refractivity contribution in [2.24, 2.45) is 0 Å². The van der Waals surface area contributed by atoms with Crippen molar-refractivity contribution < 1.29 is 0 Å². The Hall–Kier alpha value is -2.57. The van der Waals surface area contributed by atoms with E-state index in [9.17, 15) is 0 Å². The fraction of sp³-hybridized carbons (Fsp3) is 0.0690. The van der Waals surface area contributed by atoms with Crippen LogP contribution in [0, 0.1) is 6.92 Å². The Morgan fingerprint density at radius 2 is 1.08 bits per heavy atom. The summed E-state index contributed by atoms with van der Waals surface area (Å²) in [6.07, 6.45) is 0. The average molecular weight is 638 g/mol. The minimum absolute atomic E-state index is 0.0681. The maximum atomic E-state index is 6.04. The predicted molar refractivity (Wildman–Crippen MR) is 153 cm³/mol. The van der Waals surface area contributed by atoms with E-state index in [1.807, 2.05) is 12.1 Å². The normalized spacial score (nSPS) is 13.4. The number of aromatic nitrogens is 3. The summed E-state index contributed by atoms with van der Waals surface area (Å²) in [5.74, 6) is 0.439. The number of benzene rings is 4. The van der Waals surface area contributed by atoms with E-state index >= 15 is 0 Å². The molecule has 0 bridgehead atoms. The third-order valence-electron chi connectivity index (χ3n) is 6.70. The Morgan fingerprint density at radius 1 is 0.611 bits per heavy atom. The molecule has 36 heavy (non-hydrogen) atoms. The highest BCUT2D eigenvalue weighted by molar-refractivity contribution is 9.10. The van der Waals surface area contributed by atoms with Crippen molar-refractivity contribution in [2.45, 2.75) is 12.3 Å². The van der Waals surface area contributed by atoms with E-state index in [4.69, 9.17) is 23.2 Å². The van der Waals surface area contributed by atoms with E-state index in [1.54, 1.807) is 0 Å². The van der Waals surface area contributed by atoms with Crippen LogP contribution in [-0.4, -0.2) is 15.0 Å². The Bertz CT molecular complexity index is 1560. The fourth-order valence-electron chi connectivity index (χ4n) is 5.18. The molecule has 0 saturated carbocycles. The average Bonchev–Trinajstić information content (AvgIpc) is 3.13. The summed E-state index contributed by atoms with van der Waals surface area (Å²) in [7, 11) is 0. The van der Waals surface area contributed by atoms with Crippen LogP contribution in [0.4, 0.5) is 0 Å². The quantitative estimate of drug-likeness (QED) is 0.194. The third-order valence-corrected chi connectivity index (χ3v) is 8.03. The van der Waals surface area contributed by atoms with E-state index in [0.29, 0.717) is 5.82 Å². The number of aryl methyl sites for hydroxylation is 1. The van der Waals surface area contributed by atoms with Gasteiger partial charge in [-0.2, -0.15) is 15.0 Å². The summed E-state index contributed by atoms with van der Waals surface area (Å²) in [5.41, 5.74) is 8.75. The highest BCUT2D eigenvalue weighted by Gasteiger charge is 2.46. The molecule has 176 valence electrons. The maximum Gasteiger partial charge on any atom is 0.227 e. The van der Waals surface area contributed by atoms with Crippen molar-refractivity contribution in [3.63, 3.8) is 0 Å². The summed E-state index contributed by atoms with van der Waals surface area (Å²) in [6.45, 7) is 2.11. The number of halogens is 4. The van der Waals surface area contributed by atoms with Crippen LogP contribution in [0.5, 0.6) is 0 Å². The second-order valence-electron chi connectivity index (χ2n) is 8.77. The molecule has 0 spiro atoms. The summed E-state index contributed by atoms with van der Waals surface area (Å²) >= 11 is 19.5. The Kier molecular flexibility index (Phi) is 6.00. The molecule has 0 fully saturated rings. The Morgan fingerprint density at radius 3 is 1.58 bits per heavy atom. The second kappa shape index (κ2) is 9.07. The van der Waals surface area contributed by atoms with Gasteiger partial charge in [-0.25, -0.2) is 0 Å². The van der Waals surface area contributed by atoms with Gasteiger partial charge in [0.25, 0.3) is 0 Å². The van der Waals surface area contributed by atoms with Crippen molar-refractivity contribution in [1.82, 2.24) is 15.0 Å². The highest BCUT2D eigenvalue weighted by Crippen LogP contribution is 2.57. The van der Waals surface area contributed by atoms with Crippen LogP contribution in [0.1, 0.15) is 27.8 Å². The van der Waals surface area contributed by atoms with Crippen molar-refractivity contribution >= 4 is 55.1 Å². The molecule has 0 N–H and O–H groups in total. The van der Waals surface area contributed by atoms with E-state index in [1.165, 1.54) is 33.4 Å². The number of rotatable bonds is 3. The third kappa shape index (κ3) is 3.81. The largest absolute Gasteiger partial charge is 0.227 e. The predicted octanol–water partition coefficient (Wildman–Crippen LogP) is 9.04. The fourth-order valence-corrected chi connectivity index (χ4v) is 6.27. The molecule has 3 nitrogen and oxygen atoms in total. The zero-order valence-corrected chi connectivity index (χ0v) is 23.6. The first-order chi connectivity index (χ1) is 17.4. The topological polar surface area (TPSA) is 38.7 Å². The van der Waals surface area contributed by atoms with Crippen molar-refractivity contribution in [3.05, 3.63) is 132 Å². The first-order valence-corrected chi connectivity index (χ1v) is 13.6. The van der Waals surface area contributed by atoms with Gasteiger partial charge in [0.15, 0.2) is 5.82 Å². The van der Waals surface area contributed by atoms with Gasteiger partial charge >= 0.3 is 0 Å². The van der Waals surface area contributed by atoms with Crippen LogP contribution in [-0.2, 0) is 5.41 Å². The van der Waals surface area contributed by atoms with Crippen molar-refractivity contribution in [2.75, 3.05) is 0 Å². The zero-order chi connectivity index (χ0) is 25.0. The van der Waals surface area contributed by atoms with Crippen LogP contribution in [0.25, 0.3) is 22.5 Å². The molecule has 5 aromatic rings. The lowest BCUT2D eigenvalue weighted by atomic mass is 9.67. The molecule has 1 aromatic heterocycles. The summed E-state index contributed by atoms with van der Waals surface area (Å²) < 4.78 is 2.08. The van der Waals surface area contributed by atoms with Gasteiger partial charge in [-0.05, 0) is 87.8 Å². The molecule has 0 aliphatic heterocycles. The molecule has 1 heterocycles. The molecule has 0 unspecified atom stereocenters. The molecule has 7 heteroatoms. The minimum atomic E-state index is -0.515. The van der Waals surface area contributed by atoms with Gasteiger partial charge in [-0.15, -0.1) is 0 Å². The molecule has 0 radical (unpaired) electrons. The van der Waals surface area contributed by atoms with E-state index in [0.717, 1.165) is 20.1 Å². The maximum absolute atomic E-state index is 6.04. The standard InChI is InChI=1S/C29H17Br2Cl2N3/c1-16-2-6-18(7-3-16)29(19-8-4-17(5-9-19)26-34-27(32)36-28(33)35-26)24-14-20(30)10-12-22(24)23-13-11-21(31)15-25(23)29/h2-15H,1H3. The first-order valence-electron chi connectivity index (χ1n) is 11.2. The molecular weight excluding hydrogens is 621 g/mol. The van der Waals surface area contributed by atoms with Crippen molar-refractivity contribution in [1.29, 1.82) is 0 Å². The summed E-state index contributed by atoms with van der Waals surface area (Å²) in [5, 5.41) is 0.136. The van der Waals surface area contributed by atoms with Gasteiger partial charge in [0.2, 0.25) is 10.6 Å². The van der Waals surface area contributed by atoms with Crippen LogP contribution in [0.2, 0.25) is 10.6 Å². The molecule has 1 aliphatic rings. The molecule has 1 aliphatic carbocycles. The second-order valence-corrected chi connectivity index (χ2v) is 11.3. The summed E-state index contributed by atoms with van der Waals surface area (Å²) in [6, 6.07) is 30.2. The molecule has 0 amide bonds. The van der Waals surface area contributed by atoms with Gasteiger partial charge in [-0.1, -0.05) is 98.1 Å². The molecule has 6 rings (SSSR count). The minimum Gasteiger partial charge on any atom is -0.198 e. The highest BCUT2D eigenvalue weighted by atomic mass is 79.9. The van der Waals surface area contributed by atoms with Crippen LogP contribution in [0.15, 0.2) is 93.9 Å². The van der Waals surface area contributed by atoms with Gasteiger partial charge in [-0.3, -0.25) is 0 Å². The van der Waals surface area contributed by atoms with Crippen LogP contribution >= 0.6 is 55.1 Å². The lowest BCUT2D eigenvalue weighted by Crippen LogP contribution is -2.28. The van der Waals surface area contributed by atoms with Crippen molar-refractivity contribution in [3.8, 4) is 22.5 Å². The molecule has 0 saturated heterocycles. The van der Waals surface area contributed by atoms with Crippen LogP contribution in [0.3, 0.4) is 0 Å². The smallest absolute Gasteiger partial charge is 0.198 e. The summed E-state index contributed by atoms with van der Waals surface area (Å²) in [4.78, 5) is 12.4.